The third kappa shape index (κ3) is 6.52. The van der Waals surface area contributed by atoms with E-state index in [0.29, 0.717) is 39.0 Å². The molecule has 2 aromatic heterocycles. The third-order valence-corrected chi connectivity index (χ3v) is 8.70. The van der Waals surface area contributed by atoms with Crippen LogP contribution in [0, 0.1) is 0 Å². The molecule has 1 aliphatic rings. The number of carbonyl (C=O) groups is 2. The van der Waals surface area contributed by atoms with Gasteiger partial charge in [-0.3, -0.25) is 19.0 Å². The molecule has 224 valence electrons. The van der Waals surface area contributed by atoms with Crippen LogP contribution < -0.4 is 29.9 Å². The lowest BCUT2D eigenvalue weighted by Gasteiger charge is -2.13. The number of benzene rings is 2. The van der Waals surface area contributed by atoms with E-state index in [1.54, 1.807) is 28.0 Å². The van der Waals surface area contributed by atoms with Crippen molar-refractivity contribution in [1.82, 2.24) is 15.0 Å². The van der Waals surface area contributed by atoms with Crippen molar-refractivity contribution >= 4 is 51.4 Å². The van der Waals surface area contributed by atoms with Gasteiger partial charge in [0.05, 0.1) is 43.9 Å². The van der Waals surface area contributed by atoms with Crippen molar-refractivity contribution < 1.29 is 28.5 Å². The fraction of sp³-hybridized carbons (Fsp3) is 0.300. The molecule has 4 aromatic rings. The molecule has 1 aliphatic carbocycles. The van der Waals surface area contributed by atoms with Gasteiger partial charge >= 0.3 is 5.97 Å². The first-order valence-corrected chi connectivity index (χ1v) is 15.3. The fourth-order valence-electron chi connectivity index (χ4n) is 4.77. The van der Waals surface area contributed by atoms with Crippen molar-refractivity contribution in [2.24, 2.45) is 5.10 Å². The van der Waals surface area contributed by atoms with Crippen molar-refractivity contribution in [2.45, 2.75) is 38.3 Å². The Morgan fingerprint density at radius 2 is 1.86 bits per heavy atom. The number of nitrogens with zero attached hydrogens (tertiary/aromatic N) is 3. The van der Waals surface area contributed by atoms with Crippen LogP contribution in [0.15, 0.2) is 51.5 Å². The van der Waals surface area contributed by atoms with Gasteiger partial charge in [-0.1, -0.05) is 11.8 Å². The highest BCUT2D eigenvalue weighted by Gasteiger charge is 2.24. The lowest BCUT2D eigenvalue weighted by atomic mass is 10.2. The van der Waals surface area contributed by atoms with Gasteiger partial charge in [-0.15, -0.1) is 11.3 Å². The molecule has 0 fully saturated rings. The predicted molar refractivity (Wildman–Crippen MR) is 166 cm³/mol. The van der Waals surface area contributed by atoms with E-state index in [2.05, 4.69) is 10.5 Å². The Hall–Kier alpha value is -4.36. The van der Waals surface area contributed by atoms with Crippen LogP contribution in [0.4, 0.5) is 0 Å². The van der Waals surface area contributed by atoms with Gasteiger partial charge < -0.3 is 18.9 Å². The van der Waals surface area contributed by atoms with Gasteiger partial charge in [-0.2, -0.15) is 5.10 Å². The van der Waals surface area contributed by atoms with Crippen LogP contribution in [0.5, 0.6) is 23.0 Å². The van der Waals surface area contributed by atoms with E-state index < -0.39 is 11.9 Å². The summed E-state index contributed by atoms with van der Waals surface area (Å²) < 4.78 is 23.0. The first kappa shape index (κ1) is 30.1. The van der Waals surface area contributed by atoms with Gasteiger partial charge in [0, 0.05) is 17.4 Å². The molecule has 11 nitrogen and oxygen atoms in total. The number of ether oxygens (including phenoxy) is 4. The van der Waals surface area contributed by atoms with Crippen LogP contribution in [-0.2, 0) is 22.4 Å². The van der Waals surface area contributed by atoms with Crippen LogP contribution in [0.1, 0.15) is 36.3 Å². The zero-order chi connectivity index (χ0) is 30.5. The molecule has 1 amide bonds. The first-order valence-electron chi connectivity index (χ1n) is 13.5. The number of thiophene rings is 1. The molecule has 0 aliphatic heterocycles. The molecule has 13 heteroatoms. The maximum atomic E-state index is 13.9. The standard InChI is InChI=1S/C30H30N4O7S2/c1-5-40-20-11-9-19(10-12-20)34-29(37)26-21-7-6-8-24(21)43-28(26)32-30(34)42-16-25(36)33-31-15-18-13-22(38-3)27(41-17(2)35)23(14-18)39-4/h9-15H,5-8,16H2,1-4H3,(H,33,36). The second kappa shape index (κ2) is 13.3. The molecular formula is C30H30N4O7S2. The molecule has 0 saturated carbocycles. The molecule has 0 bridgehead atoms. The minimum absolute atomic E-state index is 0.0323. The summed E-state index contributed by atoms with van der Waals surface area (Å²) in [6, 6.07) is 10.4. The quantitative estimate of drug-likeness (QED) is 0.0641. The third-order valence-electron chi connectivity index (χ3n) is 6.58. The minimum atomic E-state index is -0.521. The molecule has 2 heterocycles. The normalized spacial score (nSPS) is 12.4. The van der Waals surface area contributed by atoms with Crippen molar-refractivity contribution in [3.8, 4) is 28.7 Å². The van der Waals surface area contributed by atoms with Crippen LogP contribution in [0.25, 0.3) is 15.9 Å². The highest BCUT2D eigenvalue weighted by atomic mass is 32.2. The Morgan fingerprint density at radius 1 is 1.14 bits per heavy atom. The van der Waals surface area contributed by atoms with Crippen LogP contribution in [0.2, 0.25) is 0 Å². The van der Waals surface area contributed by atoms with E-state index in [-0.39, 0.29) is 28.6 Å². The maximum absolute atomic E-state index is 13.9. The number of carbonyl (C=O) groups excluding carboxylic acids is 2. The van der Waals surface area contributed by atoms with Crippen molar-refractivity contribution in [2.75, 3.05) is 26.6 Å². The van der Waals surface area contributed by atoms with Gasteiger partial charge in [-0.05, 0) is 68.1 Å². The lowest BCUT2D eigenvalue weighted by molar-refractivity contribution is -0.132. The molecule has 43 heavy (non-hydrogen) atoms. The highest BCUT2D eigenvalue weighted by molar-refractivity contribution is 7.99. The minimum Gasteiger partial charge on any atom is -0.494 e. The van der Waals surface area contributed by atoms with Gasteiger partial charge in [0.15, 0.2) is 16.7 Å². The van der Waals surface area contributed by atoms with Gasteiger partial charge in [-0.25, -0.2) is 10.4 Å². The number of nitrogens with one attached hydrogen (secondary N) is 1. The Bertz CT molecular complexity index is 1740. The van der Waals surface area contributed by atoms with Crippen LogP contribution >= 0.6 is 23.1 Å². The Balaban J connectivity index is 1.36. The number of aromatic nitrogens is 2. The largest absolute Gasteiger partial charge is 0.494 e. The number of hydrazone groups is 1. The topological polar surface area (TPSA) is 130 Å². The summed E-state index contributed by atoms with van der Waals surface area (Å²) in [6.07, 6.45) is 4.27. The number of thioether (sulfide) groups is 1. The average Bonchev–Trinajstić information content (AvgIpc) is 3.58. The summed E-state index contributed by atoms with van der Waals surface area (Å²) in [5, 5.41) is 5.12. The molecule has 0 spiro atoms. The van der Waals surface area contributed by atoms with Gasteiger partial charge in [0.2, 0.25) is 5.75 Å². The molecule has 0 unspecified atom stereocenters. The molecule has 1 N–H and O–H groups in total. The molecule has 0 saturated heterocycles. The zero-order valence-corrected chi connectivity index (χ0v) is 25.7. The summed E-state index contributed by atoms with van der Waals surface area (Å²) in [6.45, 7) is 3.72. The zero-order valence-electron chi connectivity index (χ0n) is 24.1. The van der Waals surface area contributed by atoms with E-state index in [0.717, 1.165) is 36.6 Å². The Labute approximate surface area is 255 Å². The predicted octanol–water partition coefficient (Wildman–Crippen LogP) is 4.52. The van der Waals surface area contributed by atoms with Crippen molar-refractivity contribution in [1.29, 1.82) is 0 Å². The first-order chi connectivity index (χ1) is 20.8. The maximum Gasteiger partial charge on any atom is 0.308 e. The highest BCUT2D eigenvalue weighted by Crippen LogP contribution is 2.38. The smallest absolute Gasteiger partial charge is 0.308 e. The van der Waals surface area contributed by atoms with Crippen LogP contribution in [0.3, 0.4) is 0 Å². The second-order valence-electron chi connectivity index (χ2n) is 9.43. The Kier molecular flexibility index (Phi) is 9.31. The SMILES string of the molecule is CCOc1ccc(-n2c(SCC(=O)NN=Cc3cc(OC)c(OC(C)=O)c(OC)c3)nc3sc4c(c3c2=O)CCC4)cc1. The molecule has 2 aromatic carbocycles. The number of fused-ring (bicyclic) bond motifs is 3. The number of hydrogen-bond donors (Lipinski definition) is 1. The van der Waals surface area contributed by atoms with E-state index in [4.69, 9.17) is 23.9 Å². The molecule has 0 radical (unpaired) electrons. The number of amides is 1. The summed E-state index contributed by atoms with van der Waals surface area (Å²) in [4.78, 5) is 44.8. The lowest BCUT2D eigenvalue weighted by Crippen LogP contribution is -2.24. The second-order valence-corrected chi connectivity index (χ2v) is 11.5. The summed E-state index contributed by atoms with van der Waals surface area (Å²) >= 11 is 2.71. The van der Waals surface area contributed by atoms with E-state index >= 15 is 0 Å². The Morgan fingerprint density at radius 3 is 2.51 bits per heavy atom. The molecular weight excluding hydrogens is 592 g/mol. The van der Waals surface area contributed by atoms with E-state index in [9.17, 15) is 14.4 Å². The van der Waals surface area contributed by atoms with Crippen molar-refractivity contribution in [3.05, 3.63) is 62.8 Å². The number of esters is 1. The van der Waals surface area contributed by atoms with Crippen molar-refractivity contribution in [3.63, 3.8) is 0 Å². The average molecular weight is 623 g/mol. The number of methoxy groups -OCH3 is 2. The van der Waals surface area contributed by atoms with Gasteiger partial charge in [0.1, 0.15) is 10.6 Å². The number of hydrogen-bond acceptors (Lipinski definition) is 11. The van der Waals surface area contributed by atoms with Gasteiger partial charge in [0.25, 0.3) is 11.5 Å². The summed E-state index contributed by atoms with van der Waals surface area (Å²) in [7, 11) is 2.87. The molecule has 5 rings (SSSR count). The van der Waals surface area contributed by atoms with E-state index in [1.165, 1.54) is 32.2 Å². The fourth-order valence-corrected chi connectivity index (χ4v) is 6.88. The van der Waals surface area contributed by atoms with E-state index in [1.807, 2.05) is 31.2 Å². The summed E-state index contributed by atoms with van der Waals surface area (Å²) in [5.74, 6) is 0.444. The number of rotatable bonds is 11. The van der Waals surface area contributed by atoms with Crippen LogP contribution in [-0.4, -0.2) is 54.2 Å². The number of aryl methyl sites for hydroxylation is 2. The monoisotopic (exact) mass is 622 g/mol. The summed E-state index contributed by atoms with van der Waals surface area (Å²) in [5.41, 5.74) is 4.63. The molecule has 0 atom stereocenters.